The van der Waals surface area contributed by atoms with E-state index in [0.717, 1.165) is 0 Å². The third kappa shape index (κ3) is 5.36. The Labute approximate surface area is 76.9 Å². The van der Waals surface area contributed by atoms with Crippen LogP contribution in [0.2, 0.25) is 0 Å². The minimum atomic E-state index is -5.75. The molecule has 13 heavy (non-hydrogen) atoms. The zero-order valence-corrected chi connectivity index (χ0v) is 8.90. The van der Waals surface area contributed by atoms with Crippen molar-refractivity contribution in [1.29, 1.82) is 0 Å². The Hall–Kier alpha value is 0.890. The van der Waals surface area contributed by atoms with Crippen LogP contribution < -0.4 is 0 Å². The van der Waals surface area contributed by atoms with E-state index in [9.17, 15) is 0 Å². The van der Waals surface area contributed by atoms with Crippen molar-refractivity contribution >= 4 is 24.0 Å². The summed E-state index contributed by atoms with van der Waals surface area (Å²) in [6, 6.07) is 0. The van der Waals surface area contributed by atoms with Crippen molar-refractivity contribution in [2.24, 2.45) is 0 Å². The van der Waals surface area contributed by atoms with Gasteiger partial charge in [0, 0.05) is 0 Å². The molecule has 8 N–H and O–H groups in total. The monoisotopic (exact) mass is 258 g/mol. The number of rotatable bonds is 4. The van der Waals surface area contributed by atoms with Crippen molar-refractivity contribution in [3.05, 3.63) is 0 Å². The fourth-order valence-electron chi connectivity index (χ4n) is 0.394. The topological polar surface area (TPSA) is 162 Å². The Morgan fingerprint density at radius 3 is 1.08 bits per heavy atom. The Bertz CT molecular complexity index is 178. The third-order valence-corrected chi connectivity index (χ3v) is 11.2. The Morgan fingerprint density at radius 2 is 0.923 bits per heavy atom. The molecule has 0 aromatic heterocycles. The van der Waals surface area contributed by atoms with E-state index in [1.807, 2.05) is 0 Å². The number of aliphatic hydroxyl groups is 2. The van der Waals surface area contributed by atoms with Gasteiger partial charge >= 0.3 is 76.2 Å². The second-order valence-corrected chi connectivity index (χ2v) is 13.9. The Balaban J connectivity index is 4.82. The van der Waals surface area contributed by atoms with E-state index in [-0.39, 0.29) is 0 Å². The van der Waals surface area contributed by atoms with E-state index in [2.05, 4.69) is 0 Å². The quantitative estimate of drug-likeness (QED) is 0.266. The molecule has 84 valence electrons. The molecule has 0 aliphatic rings. The number of hydrogen-bond acceptors (Lipinski definition) is 9. The normalized spacial score (nSPS) is 20.0. The molecule has 0 saturated heterocycles. The molecule has 0 amide bonds. The summed E-state index contributed by atoms with van der Waals surface area (Å²) in [6.45, 7) is -11.5. The molecule has 0 unspecified atom stereocenters. The van der Waals surface area contributed by atoms with Gasteiger partial charge in [-0.2, -0.15) is 0 Å². The van der Waals surface area contributed by atoms with Gasteiger partial charge in [0.15, 0.2) is 0 Å². The van der Waals surface area contributed by atoms with Gasteiger partial charge in [0.25, 0.3) is 0 Å². The van der Waals surface area contributed by atoms with E-state index < -0.39 is 36.7 Å². The minimum absolute atomic E-state index is 0.797. The van der Waals surface area contributed by atoms with Crippen LogP contribution in [0.1, 0.15) is 0 Å². The number of aliphatic hydroxyl groups excluding tert-OH is 2. The first kappa shape index (κ1) is 13.9. The average molecular weight is 258 g/mol. The molecular weight excluding hydrogens is 246 g/mol. The van der Waals surface area contributed by atoms with Gasteiger partial charge < -0.3 is 0 Å². The summed E-state index contributed by atoms with van der Waals surface area (Å²) in [5.74, 6) is 0. The standard InChI is InChI=1S/C2H12O8P2S/c3-1-11(5,6,7)13-12(8,9,10)2-4/h3-10H,1-2H2. The summed E-state index contributed by atoms with van der Waals surface area (Å²) in [5, 5.41) is 16.6. The van der Waals surface area contributed by atoms with Crippen molar-refractivity contribution in [3.8, 4) is 0 Å². The van der Waals surface area contributed by atoms with Gasteiger partial charge in [0.1, 0.15) is 0 Å². The van der Waals surface area contributed by atoms with Crippen LogP contribution in [0.4, 0.5) is 0 Å². The Morgan fingerprint density at radius 1 is 0.692 bits per heavy atom. The van der Waals surface area contributed by atoms with E-state index in [1.165, 1.54) is 0 Å². The van der Waals surface area contributed by atoms with Crippen molar-refractivity contribution < 1.29 is 39.6 Å². The van der Waals surface area contributed by atoms with Gasteiger partial charge in [-0.15, -0.1) is 0 Å². The van der Waals surface area contributed by atoms with Crippen LogP contribution in [-0.4, -0.2) is 52.3 Å². The van der Waals surface area contributed by atoms with E-state index >= 15 is 0 Å². The molecule has 0 aliphatic carbocycles. The van der Waals surface area contributed by atoms with Gasteiger partial charge in [-0.3, -0.25) is 0 Å². The molecule has 11 heteroatoms. The zero-order chi connectivity index (χ0) is 11.0. The first-order valence-corrected chi connectivity index (χ1v) is 9.42. The van der Waals surface area contributed by atoms with Gasteiger partial charge in [-0.25, -0.2) is 0 Å². The molecular formula is C2H12O8P2S. The molecule has 0 aliphatic heterocycles. The SMILES string of the molecule is OCP(O)(O)(O)SP(O)(O)(O)CO. The maximum atomic E-state index is 8.82. The number of hydrogen-bond donors (Lipinski definition) is 8. The first-order valence-electron chi connectivity index (χ1n) is 2.83. The van der Waals surface area contributed by atoms with Gasteiger partial charge in [0.2, 0.25) is 0 Å². The van der Waals surface area contributed by atoms with E-state index in [0.29, 0.717) is 0 Å². The maximum absolute atomic E-state index is 8.82. The molecule has 0 rings (SSSR count). The van der Waals surface area contributed by atoms with Crippen LogP contribution in [0.3, 0.4) is 0 Å². The molecule has 0 spiro atoms. The van der Waals surface area contributed by atoms with Gasteiger partial charge in [0.05, 0.1) is 0 Å². The molecule has 0 heterocycles. The molecule has 0 fully saturated rings. The van der Waals surface area contributed by atoms with E-state index in [1.54, 1.807) is 0 Å². The van der Waals surface area contributed by atoms with Crippen molar-refractivity contribution in [2.45, 2.75) is 0 Å². The summed E-state index contributed by atoms with van der Waals surface area (Å²) in [6.07, 6.45) is -3.12. The zero-order valence-electron chi connectivity index (χ0n) is 6.29. The van der Waals surface area contributed by atoms with Crippen molar-refractivity contribution in [2.75, 3.05) is 12.7 Å². The first-order chi connectivity index (χ1) is 5.36. The van der Waals surface area contributed by atoms with Crippen molar-refractivity contribution in [1.82, 2.24) is 0 Å². The predicted molar refractivity (Wildman–Crippen MR) is 48.9 cm³/mol. The predicted octanol–water partition coefficient (Wildman–Crippen LogP) is -2.00. The molecule has 0 saturated carbocycles. The molecule has 0 bridgehead atoms. The second kappa shape index (κ2) is 3.19. The summed E-state index contributed by atoms with van der Waals surface area (Å²) in [5.41, 5.74) is 0. The third-order valence-electron chi connectivity index (χ3n) is 0.830. The van der Waals surface area contributed by atoms with Crippen molar-refractivity contribution in [3.63, 3.8) is 0 Å². The van der Waals surface area contributed by atoms with Crippen LogP contribution in [-0.2, 0) is 0 Å². The summed E-state index contributed by atoms with van der Waals surface area (Å²) < 4.78 is 0. The van der Waals surface area contributed by atoms with Crippen LogP contribution in [0, 0.1) is 0 Å². The van der Waals surface area contributed by atoms with Crippen LogP contribution >= 0.6 is 24.0 Å². The van der Waals surface area contributed by atoms with E-state index in [4.69, 9.17) is 39.6 Å². The molecule has 0 aromatic rings. The molecule has 0 radical (unpaired) electrons. The Kier molecular flexibility index (Phi) is 3.41. The van der Waals surface area contributed by atoms with Gasteiger partial charge in [-0.1, -0.05) is 0 Å². The summed E-state index contributed by atoms with van der Waals surface area (Å²) in [4.78, 5) is 52.9. The molecule has 0 aromatic carbocycles. The summed E-state index contributed by atoms with van der Waals surface area (Å²) >= 11 is -0.797. The second-order valence-electron chi connectivity index (χ2n) is 2.50. The average Bonchev–Trinajstić information content (AvgIpc) is 1.84. The fourth-order valence-corrected chi connectivity index (χ4v) is 10.6. The van der Waals surface area contributed by atoms with Crippen LogP contribution in [0.25, 0.3) is 0 Å². The molecule has 0 atom stereocenters. The summed E-state index contributed by atoms with van der Waals surface area (Å²) in [7, 11) is 0. The fraction of sp³-hybridized carbons (Fsp3) is 1.00. The van der Waals surface area contributed by atoms with Crippen LogP contribution in [0.15, 0.2) is 0 Å². The van der Waals surface area contributed by atoms with Crippen LogP contribution in [0.5, 0.6) is 0 Å². The van der Waals surface area contributed by atoms with Gasteiger partial charge in [-0.05, 0) is 0 Å². The molecule has 8 nitrogen and oxygen atoms in total.